The number of carbonyl (C=O) groups is 2. The number of nitrogens with two attached hydrogens (primary N) is 2. The van der Waals surface area contributed by atoms with E-state index < -0.39 is 5.91 Å². The normalized spacial score (nSPS) is 17.8. The summed E-state index contributed by atoms with van der Waals surface area (Å²) < 4.78 is 0. The van der Waals surface area contributed by atoms with Gasteiger partial charge in [-0.2, -0.15) is 0 Å². The van der Waals surface area contributed by atoms with Crippen molar-refractivity contribution < 1.29 is 9.59 Å². The first-order chi connectivity index (χ1) is 11.1. The number of hydrogen-bond acceptors (Lipinski definition) is 4. The van der Waals surface area contributed by atoms with Crippen LogP contribution in [0.3, 0.4) is 0 Å². The molecule has 1 aliphatic rings. The summed E-state index contributed by atoms with van der Waals surface area (Å²) >= 11 is 0. The van der Waals surface area contributed by atoms with E-state index in [1.807, 2.05) is 18.2 Å². The number of amides is 2. The zero-order valence-electron chi connectivity index (χ0n) is 13.9. The zero-order valence-corrected chi connectivity index (χ0v) is 14.7. The first kappa shape index (κ1) is 20.4. The van der Waals surface area contributed by atoms with E-state index >= 15 is 0 Å². The molecule has 134 valence electrons. The molecule has 1 unspecified atom stereocenters. The number of piperidine rings is 1. The SMILES string of the molecule is Cl.NCCC(=O)NCC1CCCCN1Cc1cccc(C(N)=O)c1. The first-order valence-electron chi connectivity index (χ1n) is 8.19. The number of carbonyl (C=O) groups excluding carboxylic acids is 2. The van der Waals surface area contributed by atoms with Gasteiger partial charge in [0.2, 0.25) is 11.8 Å². The number of rotatable bonds is 7. The summed E-state index contributed by atoms with van der Waals surface area (Å²) in [5.74, 6) is -0.398. The molecule has 1 aromatic carbocycles. The van der Waals surface area contributed by atoms with Crippen LogP contribution < -0.4 is 16.8 Å². The molecule has 0 radical (unpaired) electrons. The lowest BCUT2D eigenvalue weighted by molar-refractivity contribution is -0.121. The van der Waals surface area contributed by atoms with E-state index in [1.54, 1.807) is 6.07 Å². The number of primary amides is 1. The van der Waals surface area contributed by atoms with Crippen LogP contribution in [-0.4, -0.2) is 42.4 Å². The molecule has 1 fully saturated rings. The third kappa shape index (κ3) is 6.11. The zero-order chi connectivity index (χ0) is 16.7. The molecule has 0 aliphatic carbocycles. The second kappa shape index (κ2) is 10.3. The highest BCUT2D eigenvalue weighted by atomic mass is 35.5. The fourth-order valence-corrected chi connectivity index (χ4v) is 3.01. The molecule has 24 heavy (non-hydrogen) atoms. The van der Waals surface area contributed by atoms with Gasteiger partial charge in [-0.25, -0.2) is 0 Å². The molecule has 7 heteroatoms. The highest BCUT2D eigenvalue weighted by molar-refractivity contribution is 5.92. The maximum Gasteiger partial charge on any atom is 0.248 e. The fourth-order valence-electron chi connectivity index (χ4n) is 3.01. The van der Waals surface area contributed by atoms with Crippen molar-refractivity contribution in [2.75, 3.05) is 19.6 Å². The monoisotopic (exact) mass is 354 g/mol. The largest absolute Gasteiger partial charge is 0.366 e. The summed E-state index contributed by atoms with van der Waals surface area (Å²) in [7, 11) is 0. The molecule has 0 bridgehead atoms. The lowest BCUT2D eigenvalue weighted by Crippen LogP contribution is -2.46. The van der Waals surface area contributed by atoms with Gasteiger partial charge in [0, 0.05) is 37.7 Å². The van der Waals surface area contributed by atoms with Crippen LogP contribution >= 0.6 is 12.4 Å². The topological polar surface area (TPSA) is 101 Å². The van der Waals surface area contributed by atoms with Gasteiger partial charge in [-0.3, -0.25) is 14.5 Å². The van der Waals surface area contributed by atoms with Gasteiger partial charge in [0.1, 0.15) is 0 Å². The van der Waals surface area contributed by atoms with E-state index in [-0.39, 0.29) is 18.3 Å². The van der Waals surface area contributed by atoms with Crippen LogP contribution in [0.15, 0.2) is 24.3 Å². The Bertz CT molecular complexity index is 553. The summed E-state index contributed by atoms with van der Waals surface area (Å²) in [5.41, 5.74) is 12.3. The molecule has 1 aliphatic heterocycles. The molecule has 1 heterocycles. The van der Waals surface area contributed by atoms with Gasteiger partial charge in [-0.1, -0.05) is 18.6 Å². The van der Waals surface area contributed by atoms with Crippen LogP contribution in [-0.2, 0) is 11.3 Å². The van der Waals surface area contributed by atoms with Gasteiger partial charge in [0.05, 0.1) is 0 Å². The minimum atomic E-state index is -0.406. The van der Waals surface area contributed by atoms with E-state index in [4.69, 9.17) is 11.5 Å². The van der Waals surface area contributed by atoms with Crippen molar-refractivity contribution in [2.45, 2.75) is 38.3 Å². The number of hydrogen-bond donors (Lipinski definition) is 3. The van der Waals surface area contributed by atoms with Crippen molar-refractivity contribution in [1.29, 1.82) is 0 Å². The third-order valence-electron chi connectivity index (χ3n) is 4.25. The van der Waals surface area contributed by atoms with E-state index in [1.165, 1.54) is 6.42 Å². The molecule has 0 aromatic heterocycles. The molecule has 1 aromatic rings. The average Bonchev–Trinajstić information content (AvgIpc) is 2.54. The van der Waals surface area contributed by atoms with E-state index in [9.17, 15) is 9.59 Å². The van der Waals surface area contributed by atoms with Crippen LogP contribution in [0, 0.1) is 0 Å². The van der Waals surface area contributed by atoms with Gasteiger partial charge in [0.15, 0.2) is 0 Å². The second-order valence-electron chi connectivity index (χ2n) is 6.03. The van der Waals surface area contributed by atoms with Gasteiger partial charge < -0.3 is 16.8 Å². The van der Waals surface area contributed by atoms with Crippen LogP contribution in [0.5, 0.6) is 0 Å². The van der Waals surface area contributed by atoms with Crippen molar-refractivity contribution in [1.82, 2.24) is 10.2 Å². The van der Waals surface area contributed by atoms with E-state index in [0.717, 1.165) is 31.5 Å². The first-order valence-corrected chi connectivity index (χ1v) is 8.19. The Balaban J connectivity index is 0.00000288. The maximum atomic E-state index is 11.6. The Morgan fingerprint density at radius 3 is 2.79 bits per heavy atom. The lowest BCUT2D eigenvalue weighted by Gasteiger charge is -2.36. The van der Waals surface area contributed by atoms with Crippen LogP contribution in [0.2, 0.25) is 0 Å². The van der Waals surface area contributed by atoms with Gasteiger partial charge in [-0.15, -0.1) is 12.4 Å². The van der Waals surface area contributed by atoms with Crippen LogP contribution in [0.4, 0.5) is 0 Å². The predicted molar refractivity (Wildman–Crippen MR) is 96.9 cm³/mol. The van der Waals surface area contributed by atoms with Crippen molar-refractivity contribution in [2.24, 2.45) is 11.5 Å². The van der Waals surface area contributed by atoms with Crippen molar-refractivity contribution >= 4 is 24.2 Å². The Labute approximate surface area is 149 Å². The van der Waals surface area contributed by atoms with Crippen LogP contribution in [0.1, 0.15) is 41.6 Å². The number of halogens is 1. The van der Waals surface area contributed by atoms with Crippen molar-refractivity contribution in [3.8, 4) is 0 Å². The predicted octanol–water partition coefficient (Wildman–Crippen LogP) is 1.03. The van der Waals surface area contributed by atoms with Crippen molar-refractivity contribution in [3.05, 3.63) is 35.4 Å². The van der Waals surface area contributed by atoms with Gasteiger partial charge in [0.25, 0.3) is 0 Å². The average molecular weight is 355 g/mol. The van der Waals surface area contributed by atoms with E-state index in [0.29, 0.717) is 31.1 Å². The van der Waals surface area contributed by atoms with E-state index in [2.05, 4.69) is 10.2 Å². The molecule has 2 amide bonds. The van der Waals surface area contributed by atoms with Gasteiger partial charge >= 0.3 is 0 Å². The molecule has 2 rings (SSSR count). The summed E-state index contributed by atoms with van der Waals surface area (Å²) in [4.78, 5) is 25.3. The number of likely N-dealkylation sites (tertiary alicyclic amines) is 1. The molecule has 1 atom stereocenters. The number of nitrogens with zero attached hydrogens (tertiary/aromatic N) is 1. The second-order valence-corrected chi connectivity index (χ2v) is 6.03. The summed E-state index contributed by atoms with van der Waals surface area (Å²) in [6.45, 7) is 2.78. The Morgan fingerprint density at radius 1 is 1.29 bits per heavy atom. The smallest absolute Gasteiger partial charge is 0.248 e. The minimum absolute atomic E-state index is 0. The van der Waals surface area contributed by atoms with Crippen LogP contribution in [0.25, 0.3) is 0 Å². The highest BCUT2D eigenvalue weighted by Gasteiger charge is 2.23. The third-order valence-corrected chi connectivity index (χ3v) is 4.25. The molecule has 5 N–H and O–H groups in total. The maximum absolute atomic E-state index is 11.6. The standard InChI is InChI=1S/C17H26N4O2.ClH/c18-8-7-16(22)20-11-15-6-1-2-9-21(15)12-13-4-3-5-14(10-13)17(19)23;/h3-5,10,15H,1-2,6-9,11-12,18H2,(H2,19,23)(H,20,22);1H. The molecule has 0 saturated carbocycles. The van der Waals surface area contributed by atoms with Crippen molar-refractivity contribution in [3.63, 3.8) is 0 Å². The minimum Gasteiger partial charge on any atom is -0.366 e. The summed E-state index contributed by atoms with van der Waals surface area (Å²) in [6.07, 6.45) is 3.77. The highest BCUT2D eigenvalue weighted by Crippen LogP contribution is 2.19. The summed E-state index contributed by atoms with van der Waals surface area (Å²) in [6, 6.07) is 7.76. The Morgan fingerprint density at radius 2 is 2.08 bits per heavy atom. The molecule has 1 saturated heterocycles. The lowest BCUT2D eigenvalue weighted by atomic mass is 10.0. The molecular weight excluding hydrogens is 328 g/mol. The molecule has 0 spiro atoms. The molecular formula is C17H27ClN4O2. The fraction of sp³-hybridized carbons (Fsp3) is 0.529. The van der Waals surface area contributed by atoms with Gasteiger partial charge in [-0.05, 0) is 37.1 Å². The quantitative estimate of drug-likeness (QED) is 0.680. The Kier molecular flexibility index (Phi) is 8.74. The summed E-state index contributed by atoms with van der Waals surface area (Å²) in [5, 5.41) is 2.96. The Hall–Kier alpha value is -1.63. The molecule has 6 nitrogen and oxygen atoms in total. The number of nitrogens with one attached hydrogen (secondary N) is 1. The number of benzene rings is 1.